The molecule has 0 nitrogen and oxygen atoms in total. The van der Waals surface area contributed by atoms with Crippen molar-refractivity contribution in [2.24, 2.45) is 0 Å². The summed E-state index contributed by atoms with van der Waals surface area (Å²) in [5, 5.41) is 0. The van der Waals surface area contributed by atoms with Gasteiger partial charge < -0.3 is 0 Å². The maximum Gasteiger partial charge on any atom is 0.0474 e. The Bertz CT molecular complexity index is 187. The lowest BCUT2D eigenvalue weighted by Crippen LogP contribution is -1.95. The van der Waals surface area contributed by atoms with Gasteiger partial charge in [-0.3, -0.25) is 0 Å². The molecule has 0 aliphatic rings. The van der Waals surface area contributed by atoms with Crippen LogP contribution in [0, 0.1) is 0 Å². The Morgan fingerprint density at radius 1 is 0.938 bits per heavy atom. The minimum atomic E-state index is 0.703. The molecule has 94 valence electrons. The summed E-state index contributed by atoms with van der Waals surface area (Å²) in [5.74, 6) is 2.44. The van der Waals surface area contributed by atoms with Crippen LogP contribution in [0.15, 0.2) is 24.3 Å². The first-order valence-electron chi connectivity index (χ1n) is 6.16. The van der Waals surface area contributed by atoms with Gasteiger partial charge in [-0.2, -0.15) is 0 Å². The normalized spacial score (nSPS) is 10.8. The van der Waals surface area contributed by atoms with E-state index in [2.05, 4.69) is 57.5 Å². The minimum absolute atomic E-state index is 0.703. The molecule has 0 rings (SSSR count). The maximum absolute atomic E-state index is 4.03. The van der Waals surface area contributed by atoms with E-state index in [9.17, 15) is 0 Å². The third-order valence-electron chi connectivity index (χ3n) is 2.62. The average Bonchev–Trinajstić information content (AvgIpc) is 2.28. The van der Waals surface area contributed by atoms with Crippen molar-refractivity contribution in [3.63, 3.8) is 0 Å². The monoisotopic (exact) mass is 258 g/mol. The predicted octanol–water partition coefficient (Wildman–Crippen LogP) is 5.51. The van der Waals surface area contributed by atoms with Crippen LogP contribution in [-0.4, -0.2) is 16.1 Å². The van der Waals surface area contributed by atoms with E-state index in [1.165, 1.54) is 35.5 Å². The topological polar surface area (TPSA) is 0 Å². The van der Waals surface area contributed by atoms with Crippen LogP contribution in [0.1, 0.15) is 46.5 Å². The van der Waals surface area contributed by atoms with Crippen molar-refractivity contribution in [2.45, 2.75) is 51.0 Å². The van der Waals surface area contributed by atoms with Gasteiger partial charge in [0.05, 0.1) is 0 Å². The highest BCUT2D eigenvalue weighted by Gasteiger charge is 2.03. The van der Waals surface area contributed by atoms with Crippen LogP contribution in [0.2, 0.25) is 0 Å². The van der Waals surface area contributed by atoms with Gasteiger partial charge in [-0.25, -0.2) is 0 Å². The van der Waals surface area contributed by atoms with Gasteiger partial charge in [-0.1, -0.05) is 38.2 Å². The zero-order valence-corrected chi connectivity index (χ0v) is 12.7. The van der Waals surface area contributed by atoms with E-state index in [4.69, 9.17) is 0 Å². The van der Waals surface area contributed by atoms with E-state index < -0.39 is 0 Å². The van der Waals surface area contributed by atoms with Crippen molar-refractivity contribution in [3.05, 3.63) is 24.3 Å². The van der Waals surface area contributed by atoms with E-state index in [0.717, 1.165) is 12.8 Å². The number of rotatable bonds is 10. The standard InChI is InChI=1S/C14H26S2/c1-6-12(3)8-10-15-14(5)16-11-9-13(4)7-2/h14H,3-4,6-11H2,1-2,5H3. The quantitative estimate of drug-likeness (QED) is 0.374. The van der Waals surface area contributed by atoms with Crippen LogP contribution >= 0.6 is 23.5 Å². The number of allylic oxidation sites excluding steroid dienone is 2. The second kappa shape index (κ2) is 10.3. The van der Waals surface area contributed by atoms with Crippen LogP contribution < -0.4 is 0 Å². The zero-order valence-electron chi connectivity index (χ0n) is 11.1. The molecule has 0 aliphatic heterocycles. The summed E-state index contributed by atoms with van der Waals surface area (Å²) < 4.78 is 0.703. The molecule has 0 aromatic carbocycles. The van der Waals surface area contributed by atoms with Crippen LogP contribution in [-0.2, 0) is 0 Å². The number of hydrogen-bond donors (Lipinski definition) is 0. The lowest BCUT2D eigenvalue weighted by molar-refractivity contribution is 0.991. The molecule has 0 bridgehead atoms. The number of hydrogen-bond acceptors (Lipinski definition) is 2. The van der Waals surface area contributed by atoms with Gasteiger partial charge in [0.15, 0.2) is 0 Å². The molecule has 0 heterocycles. The molecule has 0 spiro atoms. The zero-order chi connectivity index (χ0) is 12.4. The predicted molar refractivity (Wildman–Crippen MR) is 82.5 cm³/mol. The summed E-state index contributed by atoms with van der Waals surface area (Å²) in [6.45, 7) is 14.7. The highest BCUT2D eigenvalue weighted by atomic mass is 32.2. The van der Waals surface area contributed by atoms with Gasteiger partial charge in [-0.15, -0.1) is 23.5 Å². The van der Waals surface area contributed by atoms with Gasteiger partial charge in [-0.05, 0) is 44.1 Å². The van der Waals surface area contributed by atoms with Gasteiger partial charge in [0.1, 0.15) is 0 Å². The minimum Gasteiger partial charge on any atom is -0.148 e. The fraction of sp³-hybridized carbons (Fsp3) is 0.714. The van der Waals surface area contributed by atoms with Crippen molar-refractivity contribution < 1.29 is 0 Å². The Labute approximate surface area is 110 Å². The van der Waals surface area contributed by atoms with Crippen LogP contribution in [0.5, 0.6) is 0 Å². The summed E-state index contributed by atoms with van der Waals surface area (Å²) in [7, 11) is 0. The lowest BCUT2D eigenvalue weighted by atomic mass is 10.2. The Balaban J connectivity index is 3.41. The Morgan fingerprint density at radius 3 is 1.62 bits per heavy atom. The third-order valence-corrected chi connectivity index (χ3v) is 5.25. The van der Waals surface area contributed by atoms with Crippen molar-refractivity contribution in [2.75, 3.05) is 11.5 Å². The van der Waals surface area contributed by atoms with Crippen molar-refractivity contribution in [1.29, 1.82) is 0 Å². The highest BCUT2D eigenvalue weighted by molar-refractivity contribution is 8.16. The second-order valence-electron chi connectivity index (χ2n) is 4.02. The summed E-state index contributed by atoms with van der Waals surface area (Å²) in [4.78, 5) is 0. The molecule has 0 aliphatic carbocycles. The average molecular weight is 258 g/mol. The van der Waals surface area contributed by atoms with Crippen molar-refractivity contribution in [1.82, 2.24) is 0 Å². The largest absolute Gasteiger partial charge is 0.148 e. The lowest BCUT2D eigenvalue weighted by Gasteiger charge is -2.11. The molecule has 0 atom stereocenters. The molecular weight excluding hydrogens is 232 g/mol. The number of thioether (sulfide) groups is 2. The maximum atomic E-state index is 4.03. The molecule has 0 saturated carbocycles. The van der Waals surface area contributed by atoms with E-state index in [0.29, 0.717) is 4.58 Å². The molecule has 0 radical (unpaired) electrons. The molecule has 0 aromatic heterocycles. The fourth-order valence-corrected chi connectivity index (χ4v) is 3.58. The SMILES string of the molecule is C=C(CC)CCSC(C)SCCC(=C)CC. The molecule has 0 aromatic rings. The van der Waals surface area contributed by atoms with Gasteiger partial charge in [0.25, 0.3) is 0 Å². The first-order valence-corrected chi connectivity index (χ1v) is 8.26. The first-order chi connectivity index (χ1) is 7.60. The van der Waals surface area contributed by atoms with Crippen LogP contribution in [0.4, 0.5) is 0 Å². The molecule has 0 unspecified atom stereocenters. The van der Waals surface area contributed by atoms with E-state index in [1.807, 2.05) is 0 Å². The Hall–Kier alpha value is 0.180. The Morgan fingerprint density at radius 2 is 1.31 bits per heavy atom. The summed E-state index contributed by atoms with van der Waals surface area (Å²) in [6, 6.07) is 0. The molecular formula is C14H26S2. The highest BCUT2D eigenvalue weighted by Crippen LogP contribution is 2.26. The van der Waals surface area contributed by atoms with Gasteiger partial charge in [0, 0.05) is 4.58 Å². The van der Waals surface area contributed by atoms with Gasteiger partial charge >= 0.3 is 0 Å². The molecule has 16 heavy (non-hydrogen) atoms. The third kappa shape index (κ3) is 9.41. The summed E-state index contributed by atoms with van der Waals surface area (Å²) >= 11 is 4.10. The summed E-state index contributed by atoms with van der Waals surface area (Å²) in [5.41, 5.74) is 2.76. The van der Waals surface area contributed by atoms with Gasteiger partial charge in [0.2, 0.25) is 0 Å². The van der Waals surface area contributed by atoms with E-state index in [1.54, 1.807) is 0 Å². The van der Waals surface area contributed by atoms with Crippen LogP contribution in [0.25, 0.3) is 0 Å². The summed E-state index contributed by atoms with van der Waals surface area (Å²) in [6.07, 6.45) is 4.60. The fourth-order valence-electron chi connectivity index (χ4n) is 1.14. The van der Waals surface area contributed by atoms with E-state index >= 15 is 0 Å². The molecule has 2 heteroatoms. The smallest absolute Gasteiger partial charge is 0.0474 e. The van der Waals surface area contributed by atoms with Crippen molar-refractivity contribution in [3.8, 4) is 0 Å². The molecule has 0 fully saturated rings. The Kier molecular flexibility index (Phi) is 10.5. The van der Waals surface area contributed by atoms with Crippen LogP contribution in [0.3, 0.4) is 0 Å². The first kappa shape index (κ1) is 16.2. The second-order valence-corrected chi connectivity index (χ2v) is 7.21. The van der Waals surface area contributed by atoms with Crippen molar-refractivity contribution >= 4 is 23.5 Å². The molecule has 0 saturated heterocycles. The molecule has 0 amide bonds. The molecule has 0 N–H and O–H groups in total. The van der Waals surface area contributed by atoms with E-state index in [-0.39, 0.29) is 0 Å².